The van der Waals surface area contributed by atoms with Gasteiger partial charge in [0.1, 0.15) is 5.76 Å². The van der Waals surface area contributed by atoms with Gasteiger partial charge in [0.05, 0.1) is 5.71 Å². The average Bonchev–Trinajstić information content (AvgIpc) is 3.52. The third-order valence-electron chi connectivity index (χ3n) is 7.74. The maximum Gasteiger partial charge on any atom is 0.415 e. The van der Waals surface area contributed by atoms with Crippen molar-refractivity contribution in [1.29, 1.82) is 0 Å². The molecule has 0 saturated carbocycles. The highest BCUT2D eigenvalue weighted by Gasteiger charge is 2.39. The topological polar surface area (TPSA) is 100 Å². The number of aromatic nitrogens is 1. The number of aryl methyl sites for hydroxylation is 1. The van der Waals surface area contributed by atoms with E-state index in [-0.39, 0.29) is 12.0 Å². The summed E-state index contributed by atoms with van der Waals surface area (Å²) in [5.41, 5.74) is 5.41. The van der Waals surface area contributed by atoms with Crippen LogP contribution in [0.15, 0.2) is 58.4 Å². The number of ether oxygens (including phenoxy) is 1. The molecule has 180 valence electrons. The summed E-state index contributed by atoms with van der Waals surface area (Å²) in [7, 11) is 2.18. The first-order valence-electron chi connectivity index (χ1n) is 12.2. The van der Waals surface area contributed by atoms with Crippen LogP contribution in [0.25, 0.3) is 22.5 Å². The molecule has 0 radical (unpaired) electrons. The molecular formula is C27H28N4O4. The minimum absolute atomic E-state index is 0.115. The molecule has 1 amide bonds. The molecule has 3 atom stereocenters. The van der Waals surface area contributed by atoms with E-state index in [1.807, 2.05) is 24.3 Å². The molecular weight excluding hydrogens is 444 g/mol. The van der Waals surface area contributed by atoms with E-state index < -0.39 is 6.09 Å². The van der Waals surface area contributed by atoms with Crippen molar-refractivity contribution < 1.29 is 19.2 Å². The van der Waals surface area contributed by atoms with Gasteiger partial charge in [-0.25, -0.2) is 4.79 Å². The van der Waals surface area contributed by atoms with Gasteiger partial charge in [-0.2, -0.15) is 0 Å². The van der Waals surface area contributed by atoms with E-state index in [9.17, 15) is 10.0 Å². The molecule has 35 heavy (non-hydrogen) atoms. The summed E-state index contributed by atoms with van der Waals surface area (Å²) in [5, 5.41) is 15.7. The van der Waals surface area contributed by atoms with Gasteiger partial charge in [-0.05, 0) is 68.8 Å². The van der Waals surface area contributed by atoms with Crippen LogP contribution < -0.4 is 10.1 Å². The number of hydrogen-bond donors (Lipinski definition) is 2. The smallest absolute Gasteiger partial charge is 0.415 e. The number of nitrogens with one attached hydrogen (secondary N) is 1. The van der Waals surface area contributed by atoms with E-state index in [4.69, 9.17) is 9.15 Å². The van der Waals surface area contributed by atoms with Gasteiger partial charge in [0.15, 0.2) is 0 Å². The first-order chi connectivity index (χ1) is 17.1. The number of furan rings is 1. The number of pyridine rings is 1. The fourth-order valence-corrected chi connectivity index (χ4v) is 5.91. The van der Waals surface area contributed by atoms with Crippen molar-refractivity contribution in [2.24, 2.45) is 5.16 Å². The predicted molar refractivity (Wildman–Crippen MR) is 131 cm³/mol. The fourth-order valence-electron chi connectivity index (χ4n) is 5.91. The summed E-state index contributed by atoms with van der Waals surface area (Å²) in [6.45, 7) is 0. The van der Waals surface area contributed by atoms with Gasteiger partial charge in [0.2, 0.25) is 0 Å². The maximum absolute atomic E-state index is 12.8. The van der Waals surface area contributed by atoms with E-state index in [2.05, 4.69) is 33.5 Å². The number of carbonyl (C=O) groups excluding carboxylic acids is 1. The molecule has 2 aromatic heterocycles. The summed E-state index contributed by atoms with van der Waals surface area (Å²) < 4.78 is 11.7. The van der Waals surface area contributed by atoms with Crippen molar-refractivity contribution in [3.05, 3.63) is 59.9 Å². The molecule has 2 bridgehead atoms. The molecule has 1 aromatic carbocycles. The molecule has 2 N–H and O–H groups in total. The largest absolute Gasteiger partial charge is 0.425 e. The van der Waals surface area contributed by atoms with Crippen LogP contribution in [0.5, 0.6) is 5.95 Å². The van der Waals surface area contributed by atoms with Gasteiger partial charge < -0.3 is 24.6 Å². The number of benzene rings is 1. The normalized spacial score (nSPS) is 24.5. The Bertz CT molecular complexity index is 1270. The zero-order valence-electron chi connectivity index (χ0n) is 19.6. The van der Waals surface area contributed by atoms with Gasteiger partial charge >= 0.3 is 6.09 Å². The second kappa shape index (κ2) is 8.85. The molecule has 3 aromatic rings. The predicted octanol–water partition coefficient (Wildman–Crippen LogP) is 4.85. The zero-order valence-corrected chi connectivity index (χ0v) is 19.6. The summed E-state index contributed by atoms with van der Waals surface area (Å²) >= 11 is 0. The summed E-state index contributed by atoms with van der Waals surface area (Å²) in [6, 6.07) is 12.7. The quantitative estimate of drug-likeness (QED) is 0.416. The zero-order chi connectivity index (χ0) is 23.9. The maximum atomic E-state index is 12.8. The second-order valence-electron chi connectivity index (χ2n) is 9.72. The Morgan fingerprint density at radius 1 is 1.09 bits per heavy atom. The van der Waals surface area contributed by atoms with Crippen molar-refractivity contribution in [2.45, 2.75) is 56.7 Å². The molecule has 2 aliphatic heterocycles. The molecule has 0 spiro atoms. The van der Waals surface area contributed by atoms with Gasteiger partial charge in [-0.15, -0.1) is 0 Å². The Hall–Kier alpha value is -3.65. The molecule has 4 heterocycles. The molecule has 1 unspecified atom stereocenters. The van der Waals surface area contributed by atoms with Crippen LogP contribution in [0.1, 0.15) is 43.2 Å². The number of rotatable bonds is 4. The van der Waals surface area contributed by atoms with E-state index in [1.165, 1.54) is 12.8 Å². The van der Waals surface area contributed by atoms with Crippen LogP contribution in [-0.4, -0.2) is 52.1 Å². The molecule has 6 rings (SSSR count). The Kier molecular flexibility index (Phi) is 5.53. The Balaban J connectivity index is 1.26. The van der Waals surface area contributed by atoms with Crippen LogP contribution in [0, 0.1) is 0 Å². The number of oxime groups is 1. The number of hydrogen-bond acceptors (Lipinski definition) is 7. The molecule has 2 saturated heterocycles. The lowest BCUT2D eigenvalue weighted by Crippen LogP contribution is -2.49. The highest BCUT2D eigenvalue weighted by Crippen LogP contribution is 2.40. The first-order valence-corrected chi connectivity index (χ1v) is 12.2. The average molecular weight is 473 g/mol. The number of carbonyl (C=O) groups is 1. The SMILES string of the molecule is CN1[C@@H]2CC[C@H]1CC(NC(=O)Oc1cc(-c3ccc4c(c3)CCC4=NO)c(-c3ccncc3)o1)C2. The van der Waals surface area contributed by atoms with E-state index in [0.29, 0.717) is 30.0 Å². The number of amides is 1. The minimum atomic E-state index is -0.488. The summed E-state index contributed by atoms with van der Waals surface area (Å²) in [4.78, 5) is 19.3. The Morgan fingerprint density at radius 2 is 1.86 bits per heavy atom. The summed E-state index contributed by atoms with van der Waals surface area (Å²) in [5.74, 6) is 0.764. The van der Waals surface area contributed by atoms with Gasteiger partial charge in [-0.3, -0.25) is 4.98 Å². The number of piperidine rings is 1. The van der Waals surface area contributed by atoms with Crippen molar-refractivity contribution in [3.8, 4) is 28.4 Å². The fraction of sp³-hybridized carbons (Fsp3) is 0.370. The Morgan fingerprint density at radius 3 is 2.60 bits per heavy atom. The number of nitrogens with zero attached hydrogens (tertiary/aromatic N) is 3. The lowest BCUT2D eigenvalue weighted by Gasteiger charge is -2.36. The molecule has 8 nitrogen and oxygen atoms in total. The third kappa shape index (κ3) is 4.08. The van der Waals surface area contributed by atoms with Crippen molar-refractivity contribution >= 4 is 11.8 Å². The van der Waals surface area contributed by atoms with Gasteiger partial charge in [0.25, 0.3) is 5.95 Å². The van der Waals surface area contributed by atoms with E-state index in [0.717, 1.165) is 47.1 Å². The molecule has 2 fully saturated rings. The van der Waals surface area contributed by atoms with Crippen LogP contribution in [0.4, 0.5) is 4.79 Å². The van der Waals surface area contributed by atoms with E-state index in [1.54, 1.807) is 18.5 Å². The van der Waals surface area contributed by atoms with Crippen LogP contribution in [0.3, 0.4) is 0 Å². The summed E-state index contributed by atoms with van der Waals surface area (Å²) in [6.07, 6.45) is 8.73. The first kappa shape index (κ1) is 21.9. The highest BCUT2D eigenvalue weighted by atomic mass is 16.6. The lowest BCUT2D eigenvalue weighted by molar-refractivity contribution is 0.138. The number of fused-ring (bicyclic) bond motifs is 3. The lowest BCUT2D eigenvalue weighted by atomic mass is 9.98. The van der Waals surface area contributed by atoms with Crippen molar-refractivity contribution in [1.82, 2.24) is 15.2 Å². The third-order valence-corrected chi connectivity index (χ3v) is 7.74. The van der Waals surface area contributed by atoms with Crippen LogP contribution in [-0.2, 0) is 6.42 Å². The highest BCUT2D eigenvalue weighted by molar-refractivity contribution is 6.04. The second-order valence-corrected chi connectivity index (χ2v) is 9.72. The van der Waals surface area contributed by atoms with Gasteiger partial charge in [-0.1, -0.05) is 23.4 Å². The standard InChI is InChI=1S/C27H28N4O4/c1-31-20-4-5-21(31)14-19(13-20)29-27(32)35-25-15-23(26(34-25)16-8-10-28-11-9-16)18-2-6-22-17(12-18)3-7-24(22)30-33/h2,6,8-12,15,19-21,33H,3-5,7,13-14H2,1H3,(H,29,32)/t19?,20-,21+. The van der Waals surface area contributed by atoms with Crippen LogP contribution in [0.2, 0.25) is 0 Å². The molecule has 3 aliphatic rings. The molecule has 1 aliphatic carbocycles. The monoisotopic (exact) mass is 472 g/mol. The minimum Gasteiger partial charge on any atom is -0.425 e. The molecule has 8 heteroatoms. The van der Waals surface area contributed by atoms with Gasteiger partial charge in [0, 0.05) is 53.3 Å². The van der Waals surface area contributed by atoms with E-state index >= 15 is 0 Å². The van der Waals surface area contributed by atoms with Crippen molar-refractivity contribution in [2.75, 3.05) is 7.05 Å². The van der Waals surface area contributed by atoms with Crippen LogP contribution >= 0.6 is 0 Å². The Labute approximate surface area is 203 Å². The van der Waals surface area contributed by atoms with Crippen molar-refractivity contribution in [3.63, 3.8) is 0 Å².